The fourth-order valence-electron chi connectivity index (χ4n) is 5.30. The minimum Gasteiger partial charge on any atom is -0.477 e. The van der Waals surface area contributed by atoms with Gasteiger partial charge in [-0.1, -0.05) is 37.3 Å². The largest absolute Gasteiger partial charge is 0.477 e. The van der Waals surface area contributed by atoms with Crippen LogP contribution in [0.3, 0.4) is 0 Å². The highest BCUT2D eigenvalue weighted by atomic mass is 79.9. The highest BCUT2D eigenvalue weighted by Gasteiger charge is 2.50. The maximum absolute atomic E-state index is 12.3. The van der Waals surface area contributed by atoms with Gasteiger partial charge in [0.1, 0.15) is 28.8 Å². The third-order valence-electron chi connectivity index (χ3n) is 7.06. The SMILES string of the molecule is CCC1(C(C)OC(C)=O)NC(C)=C(C(=O)O)N1Cc1ccc2oc(-c3ccccc3-c3nn[nH]n3)c(Br)c2c1. The molecule has 2 unspecified atom stereocenters. The van der Waals surface area contributed by atoms with E-state index in [-0.39, 0.29) is 12.2 Å². The van der Waals surface area contributed by atoms with E-state index < -0.39 is 23.7 Å². The van der Waals surface area contributed by atoms with Crippen molar-refractivity contribution < 1.29 is 23.8 Å². The van der Waals surface area contributed by atoms with Crippen LogP contribution in [-0.2, 0) is 20.9 Å². The molecule has 0 radical (unpaired) electrons. The van der Waals surface area contributed by atoms with Gasteiger partial charge in [0.2, 0.25) is 5.82 Å². The average Bonchev–Trinajstić information content (AvgIpc) is 3.61. The zero-order chi connectivity index (χ0) is 27.9. The number of carboxylic acids is 1. The minimum atomic E-state index is -1.06. The van der Waals surface area contributed by atoms with E-state index in [1.54, 1.807) is 18.7 Å². The van der Waals surface area contributed by atoms with Crippen molar-refractivity contribution in [3.63, 3.8) is 0 Å². The second-order valence-corrected chi connectivity index (χ2v) is 10.2. The molecule has 0 bridgehead atoms. The van der Waals surface area contributed by atoms with Crippen LogP contribution < -0.4 is 5.32 Å². The molecule has 0 saturated carbocycles. The lowest BCUT2D eigenvalue weighted by molar-refractivity contribution is -0.155. The number of tetrazole rings is 1. The van der Waals surface area contributed by atoms with Crippen molar-refractivity contribution in [2.45, 2.75) is 52.4 Å². The van der Waals surface area contributed by atoms with Gasteiger partial charge in [0.15, 0.2) is 0 Å². The molecule has 202 valence electrons. The number of hydrogen-bond donors (Lipinski definition) is 3. The lowest BCUT2D eigenvalue weighted by atomic mass is 9.97. The Bertz CT molecular complexity index is 1600. The number of fused-ring (bicyclic) bond motifs is 1. The highest BCUT2D eigenvalue weighted by Crippen LogP contribution is 2.42. The predicted octanol–water partition coefficient (Wildman–Crippen LogP) is 4.82. The monoisotopic (exact) mass is 594 g/mol. The summed E-state index contributed by atoms with van der Waals surface area (Å²) in [5.74, 6) is -0.438. The van der Waals surface area contributed by atoms with Crippen LogP contribution in [0.5, 0.6) is 0 Å². The Morgan fingerprint density at radius 1 is 1.23 bits per heavy atom. The summed E-state index contributed by atoms with van der Waals surface area (Å²) in [5, 5.41) is 28.6. The van der Waals surface area contributed by atoms with Gasteiger partial charge >= 0.3 is 11.9 Å². The van der Waals surface area contributed by atoms with Crippen LogP contribution in [0.4, 0.5) is 0 Å². The first-order valence-electron chi connectivity index (χ1n) is 12.4. The summed E-state index contributed by atoms with van der Waals surface area (Å²) >= 11 is 3.72. The summed E-state index contributed by atoms with van der Waals surface area (Å²) in [7, 11) is 0. The number of allylic oxidation sites excluding steroid dienone is 1. The molecule has 12 heteroatoms. The minimum absolute atomic E-state index is 0.136. The van der Waals surface area contributed by atoms with Crippen molar-refractivity contribution in [1.82, 2.24) is 30.8 Å². The molecular weight excluding hydrogens is 568 g/mol. The second-order valence-electron chi connectivity index (χ2n) is 9.38. The number of aromatic nitrogens is 4. The number of nitrogens with zero attached hydrogens (tertiary/aromatic N) is 4. The van der Waals surface area contributed by atoms with E-state index in [0.29, 0.717) is 29.3 Å². The van der Waals surface area contributed by atoms with E-state index in [4.69, 9.17) is 9.15 Å². The van der Waals surface area contributed by atoms with Gasteiger partial charge in [-0.2, -0.15) is 5.21 Å². The number of hydrogen-bond acceptors (Lipinski definition) is 9. The molecule has 0 saturated heterocycles. The van der Waals surface area contributed by atoms with E-state index >= 15 is 0 Å². The number of benzene rings is 2. The van der Waals surface area contributed by atoms with Crippen LogP contribution in [0, 0.1) is 0 Å². The zero-order valence-corrected chi connectivity index (χ0v) is 23.4. The molecule has 1 aliphatic heterocycles. The molecule has 0 aliphatic carbocycles. The normalized spacial score (nSPS) is 17.9. The number of carbonyl (C=O) groups is 2. The highest BCUT2D eigenvalue weighted by molar-refractivity contribution is 9.10. The number of rotatable bonds is 8. The van der Waals surface area contributed by atoms with Gasteiger partial charge in [-0.3, -0.25) is 4.79 Å². The Labute approximate surface area is 232 Å². The maximum Gasteiger partial charge on any atom is 0.354 e. The summed E-state index contributed by atoms with van der Waals surface area (Å²) in [6, 6.07) is 13.3. The predicted molar refractivity (Wildman–Crippen MR) is 146 cm³/mol. The fourth-order valence-corrected chi connectivity index (χ4v) is 5.91. The van der Waals surface area contributed by atoms with Gasteiger partial charge in [0.25, 0.3) is 0 Å². The second kappa shape index (κ2) is 10.2. The first-order chi connectivity index (χ1) is 18.7. The van der Waals surface area contributed by atoms with E-state index in [1.807, 2.05) is 49.4 Å². The van der Waals surface area contributed by atoms with Gasteiger partial charge in [0.05, 0.1) is 4.47 Å². The molecule has 2 atom stereocenters. The molecule has 2 aromatic carbocycles. The molecule has 0 spiro atoms. The molecule has 39 heavy (non-hydrogen) atoms. The quantitative estimate of drug-likeness (QED) is 0.242. The molecule has 0 fully saturated rings. The maximum atomic E-state index is 12.3. The Balaban J connectivity index is 1.56. The number of ether oxygens (including phenoxy) is 1. The molecule has 4 aromatic rings. The number of carbonyl (C=O) groups excluding carboxylic acids is 1. The molecule has 0 amide bonds. The smallest absolute Gasteiger partial charge is 0.354 e. The number of halogens is 1. The van der Waals surface area contributed by atoms with Crippen molar-refractivity contribution in [3.8, 4) is 22.7 Å². The van der Waals surface area contributed by atoms with Gasteiger partial charge in [-0.05, 0) is 59.1 Å². The first kappa shape index (κ1) is 26.4. The lowest BCUT2D eigenvalue weighted by Gasteiger charge is -2.43. The third kappa shape index (κ3) is 4.54. The summed E-state index contributed by atoms with van der Waals surface area (Å²) in [4.78, 5) is 25.9. The van der Waals surface area contributed by atoms with Crippen LogP contribution in [-0.4, -0.2) is 54.3 Å². The lowest BCUT2D eigenvalue weighted by Crippen LogP contribution is -2.60. The first-order valence-corrected chi connectivity index (χ1v) is 13.2. The number of aromatic amines is 1. The van der Waals surface area contributed by atoms with E-state index in [2.05, 4.69) is 41.9 Å². The van der Waals surface area contributed by atoms with E-state index in [1.165, 1.54) is 6.92 Å². The van der Waals surface area contributed by atoms with Crippen molar-refractivity contribution in [2.24, 2.45) is 0 Å². The summed E-state index contributed by atoms with van der Waals surface area (Å²) in [6.45, 7) is 7.02. The number of H-pyrrole nitrogens is 1. The zero-order valence-electron chi connectivity index (χ0n) is 21.8. The molecule has 3 N–H and O–H groups in total. The Hall–Kier alpha value is -4.19. The topological polar surface area (TPSA) is 146 Å². The molecule has 1 aliphatic rings. The van der Waals surface area contributed by atoms with Crippen molar-refractivity contribution in [2.75, 3.05) is 0 Å². The summed E-state index contributed by atoms with van der Waals surface area (Å²) < 4.78 is 12.5. The Kier molecular flexibility index (Phi) is 6.89. The van der Waals surface area contributed by atoms with E-state index in [0.717, 1.165) is 26.5 Å². The number of nitrogens with one attached hydrogen (secondary N) is 2. The molecule has 11 nitrogen and oxygen atoms in total. The average molecular weight is 595 g/mol. The third-order valence-corrected chi connectivity index (χ3v) is 7.85. The van der Waals surface area contributed by atoms with E-state index in [9.17, 15) is 14.7 Å². The van der Waals surface area contributed by atoms with Gasteiger partial charge in [-0.15, -0.1) is 10.2 Å². The summed E-state index contributed by atoms with van der Waals surface area (Å²) in [6.07, 6.45) is -0.131. The molecular formula is C27H27BrN6O5. The molecule has 3 heterocycles. The fraction of sp³-hybridized carbons (Fsp3) is 0.296. The standard InChI is InChI=1S/C27H27BrN6O5/c1-5-27(15(3)38-16(4)35)29-14(2)23(26(36)37)34(27)13-17-10-11-21-20(12-17)22(28)24(39-21)18-8-6-7-9-19(18)25-30-32-33-31-25/h6-12,15,29H,5,13H2,1-4H3,(H,36,37)(H,30,31,32,33). The number of carboxylic acid groups (broad SMARTS) is 1. The van der Waals surface area contributed by atoms with Crippen LogP contribution in [0.25, 0.3) is 33.7 Å². The molecule has 5 rings (SSSR count). The van der Waals surface area contributed by atoms with Crippen molar-refractivity contribution >= 4 is 38.8 Å². The van der Waals surface area contributed by atoms with Crippen LogP contribution in [0.1, 0.15) is 39.7 Å². The van der Waals surface area contributed by atoms with Gasteiger partial charge < -0.3 is 24.5 Å². The number of furan rings is 1. The van der Waals surface area contributed by atoms with Crippen molar-refractivity contribution in [3.05, 3.63) is 63.9 Å². The van der Waals surface area contributed by atoms with Gasteiger partial charge in [-0.25, -0.2) is 4.79 Å². The Morgan fingerprint density at radius 2 is 1.97 bits per heavy atom. The Morgan fingerprint density at radius 3 is 2.62 bits per heavy atom. The van der Waals surface area contributed by atoms with Crippen LogP contribution >= 0.6 is 15.9 Å². The molecule has 2 aromatic heterocycles. The van der Waals surface area contributed by atoms with Crippen molar-refractivity contribution in [1.29, 1.82) is 0 Å². The number of aliphatic carboxylic acids is 1. The van der Waals surface area contributed by atoms with Crippen LogP contribution in [0.15, 0.2) is 62.7 Å². The summed E-state index contributed by atoms with van der Waals surface area (Å²) in [5.41, 5.74) is 2.77. The van der Waals surface area contributed by atoms with Crippen LogP contribution in [0.2, 0.25) is 0 Å². The van der Waals surface area contributed by atoms with Gasteiger partial charge in [0, 0.05) is 35.7 Å². The number of esters is 1.